The summed E-state index contributed by atoms with van der Waals surface area (Å²) in [6.45, 7) is 0. The van der Waals surface area contributed by atoms with Crippen molar-refractivity contribution in [3.8, 4) is 0 Å². The normalized spacial score (nSPS) is 49.8. The molecule has 0 spiro atoms. The van der Waals surface area contributed by atoms with Gasteiger partial charge in [-0.3, -0.25) is 0 Å². The van der Waals surface area contributed by atoms with Crippen molar-refractivity contribution < 1.29 is 18.9 Å². The molecule has 200 valence electrons. The van der Waals surface area contributed by atoms with Crippen LogP contribution in [0.1, 0.15) is 89.9 Å². The highest BCUT2D eigenvalue weighted by molar-refractivity contribution is 15.0. The van der Waals surface area contributed by atoms with Crippen LogP contribution in [-0.4, -0.2) is 48.8 Å². The Hall–Kier alpha value is 1.77. The fourth-order valence-corrected chi connectivity index (χ4v) is 7.50. The Labute approximate surface area is 252 Å². The van der Waals surface area contributed by atoms with Crippen LogP contribution in [0.2, 0.25) is 0 Å². The van der Waals surface area contributed by atoms with Crippen molar-refractivity contribution in [1.29, 1.82) is 0 Å². The monoisotopic (exact) mass is 824 g/mol. The Morgan fingerprint density at radius 2 is 0.800 bits per heavy atom. The summed E-state index contributed by atoms with van der Waals surface area (Å²) in [4.78, 5) is 0. The third kappa shape index (κ3) is 7.92. The number of ether oxygens (including phenoxy) is 4. The van der Waals surface area contributed by atoms with Crippen LogP contribution < -0.4 is 0 Å². The van der Waals surface area contributed by atoms with E-state index in [-0.39, 0.29) is 24.0 Å². The van der Waals surface area contributed by atoms with Gasteiger partial charge in [0.2, 0.25) is 0 Å². The molecule has 0 bridgehead atoms. The molecule has 0 radical (unpaired) electrons. The Morgan fingerprint density at radius 3 is 1.14 bits per heavy atom. The summed E-state index contributed by atoms with van der Waals surface area (Å²) in [7, 11) is 0. The van der Waals surface area contributed by atoms with Crippen molar-refractivity contribution in [2.24, 2.45) is 23.7 Å². The molecule has 4 aliphatic heterocycles. The highest BCUT2D eigenvalue weighted by Crippen LogP contribution is 2.45. The molecule has 4 saturated carbocycles. The zero-order valence-electron chi connectivity index (χ0n) is 20.8. The van der Waals surface area contributed by atoms with E-state index in [0.29, 0.717) is 48.8 Å². The van der Waals surface area contributed by atoms with Crippen molar-refractivity contribution in [1.82, 2.24) is 0 Å². The molecule has 0 aromatic heterocycles. The number of epoxide rings is 4. The molecular formula is C28H43I3O4. The van der Waals surface area contributed by atoms with E-state index in [9.17, 15) is 0 Å². The molecule has 4 aliphatic carbocycles. The van der Waals surface area contributed by atoms with Gasteiger partial charge in [0.15, 0.2) is 0 Å². The molecule has 4 saturated heterocycles. The molecule has 4 nitrogen and oxygen atoms in total. The molecule has 0 aromatic rings. The molecule has 35 heavy (non-hydrogen) atoms. The van der Waals surface area contributed by atoms with Crippen molar-refractivity contribution in [3.05, 3.63) is 12.2 Å². The largest absolute Gasteiger partial charge is 0.370 e. The van der Waals surface area contributed by atoms with Crippen LogP contribution in [0.15, 0.2) is 12.2 Å². The lowest BCUT2D eigenvalue weighted by atomic mass is 9.80. The maximum atomic E-state index is 5.60. The predicted molar refractivity (Wildman–Crippen MR) is 166 cm³/mol. The van der Waals surface area contributed by atoms with Crippen LogP contribution in [-0.2, 0) is 18.9 Å². The van der Waals surface area contributed by atoms with Gasteiger partial charge in [0.1, 0.15) is 0 Å². The van der Waals surface area contributed by atoms with Crippen LogP contribution in [0.3, 0.4) is 0 Å². The number of halogens is 3. The number of allylic oxidation sites excluding steroid dienone is 2. The van der Waals surface area contributed by atoms with Crippen molar-refractivity contribution in [2.75, 3.05) is 0 Å². The van der Waals surface area contributed by atoms with Gasteiger partial charge < -0.3 is 18.9 Å². The number of hydrogen-bond donors (Lipinski definition) is 0. The minimum Gasteiger partial charge on any atom is -0.370 e. The summed E-state index contributed by atoms with van der Waals surface area (Å²) < 4.78 is 22.3. The zero-order valence-corrected chi connectivity index (χ0v) is 27.4. The van der Waals surface area contributed by atoms with Gasteiger partial charge in [-0.05, 0) is 101 Å². The predicted octanol–water partition coefficient (Wildman–Crippen LogP) is 7.97. The van der Waals surface area contributed by atoms with Crippen LogP contribution in [0.25, 0.3) is 0 Å². The standard InChI is InChI=1S/C14H22O2.C14H20O2.I2.HI/c2*1(9-3-5-11-13(7-9)15-11)2-10-4-6-12-14(8-10)16-12;1-2;/h9-14H,1-8H2;1-2,9-14H,3-8H2;;1H/b;2-1+;;. The Morgan fingerprint density at radius 1 is 0.457 bits per heavy atom. The number of rotatable bonds is 5. The van der Waals surface area contributed by atoms with E-state index in [4.69, 9.17) is 18.9 Å². The lowest BCUT2D eigenvalue weighted by Crippen LogP contribution is -2.17. The van der Waals surface area contributed by atoms with Crippen LogP contribution in [0.4, 0.5) is 0 Å². The van der Waals surface area contributed by atoms with E-state index in [2.05, 4.69) is 49.4 Å². The fraction of sp³-hybridized carbons (Fsp3) is 0.929. The van der Waals surface area contributed by atoms with E-state index in [1.165, 1.54) is 89.9 Å². The van der Waals surface area contributed by atoms with E-state index < -0.39 is 0 Å². The first-order valence-corrected chi connectivity index (χ1v) is 20.5. The first-order valence-electron chi connectivity index (χ1n) is 14.2. The second kappa shape index (κ2) is 13.0. The minimum absolute atomic E-state index is 0. The second-order valence-corrected chi connectivity index (χ2v) is 12.3. The van der Waals surface area contributed by atoms with Crippen LogP contribution in [0.5, 0.6) is 0 Å². The van der Waals surface area contributed by atoms with E-state index in [1.54, 1.807) is 0 Å². The quantitative estimate of drug-likeness (QED) is 0.161. The maximum absolute atomic E-state index is 5.60. The average Bonchev–Trinajstić information content (AvgIpc) is 3.73. The van der Waals surface area contributed by atoms with Gasteiger partial charge >= 0.3 is 0 Å². The summed E-state index contributed by atoms with van der Waals surface area (Å²) in [5.41, 5.74) is 0. The smallest absolute Gasteiger partial charge is 0.0847 e. The number of fused-ring (bicyclic) bond motifs is 4. The van der Waals surface area contributed by atoms with Crippen molar-refractivity contribution >= 4 is 61.2 Å². The molecule has 8 aliphatic rings. The zero-order chi connectivity index (χ0) is 23.1. The minimum atomic E-state index is 0. The van der Waals surface area contributed by atoms with Gasteiger partial charge in [0.25, 0.3) is 0 Å². The molecular weight excluding hydrogens is 781 g/mol. The fourth-order valence-electron chi connectivity index (χ4n) is 7.50. The van der Waals surface area contributed by atoms with E-state index in [0.717, 1.165) is 23.7 Å². The topological polar surface area (TPSA) is 50.1 Å². The van der Waals surface area contributed by atoms with E-state index in [1.807, 2.05) is 0 Å². The van der Waals surface area contributed by atoms with Crippen molar-refractivity contribution in [3.63, 3.8) is 0 Å². The molecule has 4 heterocycles. The SMILES string of the molecule is C(=C\C1CCC2OC2C1)/C1CCC2OC2C1.C(CC1CCC2OC2C1)C1CCC2OC2C1.I.II. The Balaban J connectivity index is 0.000000132. The summed E-state index contributed by atoms with van der Waals surface area (Å²) in [6, 6.07) is 0. The first kappa shape index (κ1) is 28.3. The molecule has 12 atom stereocenters. The molecule has 8 fully saturated rings. The molecule has 0 N–H and O–H groups in total. The molecule has 12 unspecified atom stereocenters. The Kier molecular flexibility index (Phi) is 10.5. The van der Waals surface area contributed by atoms with Crippen molar-refractivity contribution in [2.45, 2.75) is 139 Å². The van der Waals surface area contributed by atoms with Crippen LogP contribution in [0, 0.1) is 23.7 Å². The third-order valence-corrected chi connectivity index (χ3v) is 9.95. The first-order chi connectivity index (χ1) is 16.8. The lowest BCUT2D eigenvalue weighted by Gasteiger charge is -2.23. The summed E-state index contributed by atoms with van der Waals surface area (Å²) in [5, 5.41) is 0. The van der Waals surface area contributed by atoms with Gasteiger partial charge in [-0.15, -0.1) is 24.0 Å². The lowest BCUT2D eigenvalue weighted by molar-refractivity contribution is 0.292. The summed E-state index contributed by atoms with van der Waals surface area (Å²) >= 11 is 4.24. The molecule has 7 heteroatoms. The van der Waals surface area contributed by atoms with Gasteiger partial charge in [0.05, 0.1) is 48.8 Å². The molecule has 0 aromatic carbocycles. The maximum Gasteiger partial charge on any atom is 0.0847 e. The van der Waals surface area contributed by atoms with Crippen LogP contribution >= 0.6 is 61.2 Å². The highest BCUT2D eigenvalue weighted by atomic mass is 128. The molecule has 8 rings (SSSR count). The number of hydrogen-bond acceptors (Lipinski definition) is 4. The Bertz CT molecular complexity index is 664. The third-order valence-electron chi connectivity index (χ3n) is 9.95. The second-order valence-electron chi connectivity index (χ2n) is 12.3. The van der Waals surface area contributed by atoms with Gasteiger partial charge in [-0.2, -0.15) is 0 Å². The van der Waals surface area contributed by atoms with Gasteiger partial charge in [0, 0.05) is 37.2 Å². The highest BCUT2D eigenvalue weighted by Gasteiger charge is 2.46. The van der Waals surface area contributed by atoms with E-state index >= 15 is 0 Å². The molecule has 0 amide bonds. The summed E-state index contributed by atoms with van der Waals surface area (Å²) in [6.07, 6.45) is 29.1. The van der Waals surface area contributed by atoms with Gasteiger partial charge in [-0.1, -0.05) is 25.0 Å². The van der Waals surface area contributed by atoms with Gasteiger partial charge in [-0.25, -0.2) is 0 Å². The summed E-state index contributed by atoms with van der Waals surface area (Å²) in [5.74, 6) is 3.53. The average molecular weight is 824 g/mol.